The molecule has 0 aliphatic carbocycles. The number of carbonyl (C=O) groups excluding carboxylic acids is 1. The summed E-state index contributed by atoms with van der Waals surface area (Å²) in [5.74, 6) is 1.44. The Balaban J connectivity index is 1.57. The van der Waals surface area contributed by atoms with Gasteiger partial charge < -0.3 is 10.2 Å². The summed E-state index contributed by atoms with van der Waals surface area (Å²) < 4.78 is 0. The molecule has 2 amide bonds. The number of pyridine rings is 1. The minimum atomic E-state index is 0.0385. The van der Waals surface area contributed by atoms with Crippen molar-refractivity contribution in [3.63, 3.8) is 0 Å². The summed E-state index contributed by atoms with van der Waals surface area (Å²) in [6.07, 6.45) is 6.35. The monoisotopic (exact) mass is 475 g/mol. The first kappa shape index (κ1) is 25.8. The molecule has 5 heteroatoms. The summed E-state index contributed by atoms with van der Waals surface area (Å²) >= 11 is 1.95. The maximum atomic E-state index is 13.2. The maximum absolute atomic E-state index is 13.2. The fraction of sp³-hybridized carbons (Fsp3) is 0.379. The van der Waals surface area contributed by atoms with Gasteiger partial charge in [0.2, 0.25) is 0 Å². The van der Waals surface area contributed by atoms with Crippen LogP contribution >= 0.6 is 11.8 Å². The Labute approximate surface area is 209 Å². The van der Waals surface area contributed by atoms with E-state index < -0.39 is 0 Å². The van der Waals surface area contributed by atoms with Crippen LogP contribution in [0.25, 0.3) is 0 Å². The van der Waals surface area contributed by atoms with Crippen LogP contribution in [-0.4, -0.2) is 40.8 Å². The highest BCUT2D eigenvalue weighted by Crippen LogP contribution is 2.25. The van der Waals surface area contributed by atoms with E-state index in [1.807, 2.05) is 47.3 Å². The molecule has 0 spiro atoms. The molecular formula is C29H37N3OS. The third-order valence-electron chi connectivity index (χ3n) is 5.92. The van der Waals surface area contributed by atoms with Gasteiger partial charge in [0.15, 0.2) is 0 Å². The minimum Gasteiger partial charge on any atom is -0.338 e. The van der Waals surface area contributed by atoms with E-state index in [2.05, 4.69) is 78.7 Å². The average molecular weight is 476 g/mol. The van der Waals surface area contributed by atoms with Crippen LogP contribution in [-0.2, 0) is 18.6 Å². The number of amides is 2. The van der Waals surface area contributed by atoms with Crippen molar-refractivity contribution in [2.75, 3.05) is 19.6 Å². The van der Waals surface area contributed by atoms with E-state index in [4.69, 9.17) is 0 Å². The molecule has 1 N–H and O–H groups in total. The highest BCUT2D eigenvalue weighted by Gasteiger charge is 2.22. The third-order valence-corrected chi connectivity index (χ3v) is 7.54. The van der Waals surface area contributed by atoms with Gasteiger partial charge in [0.05, 0.1) is 0 Å². The third kappa shape index (κ3) is 9.22. The van der Waals surface area contributed by atoms with Crippen LogP contribution in [0, 0.1) is 5.92 Å². The molecule has 180 valence electrons. The van der Waals surface area contributed by atoms with Gasteiger partial charge >= 0.3 is 6.03 Å². The summed E-state index contributed by atoms with van der Waals surface area (Å²) in [4.78, 5) is 19.3. The van der Waals surface area contributed by atoms with Crippen molar-refractivity contribution in [1.29, 1.82) is 0 Å². The number of carbonyl (C=O) groups is 1. The number of benzene rings is 2. The van der Waals surface area contributed by atoms with Gasteiger partial charge in [-0.25, -0.2) is 4.79 Å². The Morgan fingerprint density at radius 2 is 1.50 bits per heavy atom. The van der Waals surface area contributed by atoms with Crippen molar-refractivity contribution in [3.05, 3.63) is 102 Å². The number of rotatable bonds is 13. The van der Waals surface area contributed by atoms with E-state index in [-0.39, 0.29) is 6.03 Å². The van der Waals surface area contributed by atoms with Gasteiger partial charge in [0.1, 0.15) is 0 Å². The number of aromatic nitrogens is 1. The summed E-state index contributed by atoms with van der Waals surface area (Å²) in [6, 6.07) is 25.1. The van der Waals surface area contributed by atoms with Crippen LogP contribution in [0.5, 0.6) is 0 Å². The molecule has 4 nitrogen and oxygen atoms in total. The summed E-state index contributed by atoms with van der Waals surface area (Å²) in [5, 5.41) is 3.54. The molecule has 1 aromatic heterocycles. The van der Waals surface area contributed by atoms with E-state index in [0.29, 0.717) is 17.7 Å². The van der Waals surface area contributed by atoms with E-state index in [1.165, 1.54) is 16.7 Å². The molecule has 0 bridgehead atoms. The Morgan fingerprint density at radius 1 is 0.882 bits per heavy atom. The molecule has 0 fully saturated rings. The fourth-order valence-corrected chi connectivity index (χ4v) is 5.05. The van der Waals surface area contributed by atoms with Gasteiger partial charge in [0, 0.05) is 43.0 Å². The zero-order valence-electron chi connectivity index (χ0n) is 20.4. The van der Waals surface area contributed by atoms with E-state index in [1.54, 1.807) is 0 Å². The predicted octanol–water partition coefficient (Wildman–Crippen LogP) is 6.23. The zero-order valence-corrected chi connectivity index (χ0v) is 21.2. The molecule has 3 aromatic rings. The molecule has 0 radical (unpaired) electrons. The maximum Gasteiger partial charge on any atom is 0.317 e. The molecule has 0 saturated carbocycles. The molecule has 34 heavy (non-hydrogen) atoms. The average Bonchev–Trinajstić information content (AvgIpc) is 2.87. The van der Waals surface area contributed by atoms with Crippen LogP contribution in [0.2, 0.25) is 0 Å². The van der Waals surface area contributed by atoms with Crippen molar-refractivity contribution in [1.82, 2.24) is 15.2 Å². The smallest absolute Gasteiger partial charge is 0.317 e. The minimum absolute atomic E-state index is 0.0385. The standard InChI is InChI=1S/C29H37N3OS/c1-24(2)28(34-23-27-12-7-4-8-13-27)22-32(21-17-25-10-5-3-6-11-25)29(33)31-18-9-14-26-15-19-30-20-16-26/h3-8,10-13,15-16,19-20,24,28H,9,14,17-18,21-23H2,1-2H3,(H,31,33)/t28-/m1/s1. The van der Waals surface area contributed by atoms with Crippen LogP contribution in [0.4, 0.5) is 4.79 Å². The Morgan fingerprint density at radius 3 is 2.15 bits per heavy atom. The molecule has 1 atom stereocenters. The number of nitrogens with one attached hydrogen (secondary N) is 1. The van der Waals surface area contributed by atoms with Crippen LogP contribution in [0.3, 0.4) is 0 Å². The number of nitrogens with zero attached hydrogens (tertiary/aromatic N) is 2. The molecule has 0 saturated heterocycles. The first-order chi connectivity index (χ1) is 16.6. The topological polar surface area (TPSA) is 45.2 Å². The SMILES string of the molecule is CC(C)[C@@H](CN(CCc1ccccc1)C(=O)NCCCc1ccncc1)SCc1ccccc1. The summed E-state index contributed by atoms with van der Waals surface area (Å²) in [7, 11) is 0. The Kier molecular flexibility index (Phi) is 11.0. The molecular weight excluding hydrogens is 438 g/mol. The summed E-state index contributed by atoms with van der Waals surface area (Å²) in [6.45, 7) is 6.65. The lowest BCUT2D eigenvalue weighted by Crippen LogP contribution is -2.45. The molecule has 1 heterocycles. The fourth-order valence-electron chi connectivity index (χ4n) is 3.78. The Hall–Kier alpha value is -2.79. The lowest BCUT2D eigenvalue weighted by molar-refractivity contribution is 0.196. The lowest BCUT2D eigenvalue weighted by atomic mass is 10.1. The van der Waals surface area contributed by atoms with Crippen LogP contribution < -0.4 is 5.32 Å². The number of hydrogen-bond donors (Lipinski definition) is 1. The first-order valence-electron chi connectivity index (χ1n) is 12.2. The number of hydrogen-bond acceptors (Lipinski definition) is 3. The quantitative estimate of drug-likeness (QED) is 0.298. The van der Waals surface area contributed by atoms with E-state index >= 15 is 0 Å². The first-order valence-corrected chi connectivity index (χ1v) is 13.3. The Bertz CT molecular complexity index is 951. The van der Waals surface area contributed by atoms with Gasteiger partial charge in [-0.05, 0) is 54.0 Å². The van der Waals surface area contributed by atoms with Crippen LogP contribution in [0.15, 0.2) is 85.2 Å². The second-order valence-corrected chi connectivity index (χ2v) is 10.2. The zero-order chi connectivity index (χ0) is 24.0. The van der Waals surface area contributed by atoms with E-state index in [9.17, 15) is 4.79 Å². The number of thioether (sulfide) groups is 1. The molecule has 0 aliphatic rings. The van der Waals surface area contributed by atoms with Gasteiger partial charge in [-0.3, -0.25) is 4.98 Å². The second kappa shape index (κ2) is 14.5. The normalized spacial score (nSPS) is 11.9. The summed E-state index contributed by atoms with van der Waals surface area (Å²) in [5.41, 5.74) is 3.84. The highest BCUT2D eigenvalue weighted by molar-refractivity contribution is 7.99. The van der Waals surface area contributed by atoms with Crippen molar-refractivity contribution < 1.29 is 4.79 Å². The lowest BCUT2D eigenvalue weighted by Gasteiger charge is -2.30. The second-order valence-electron chi connectivity index (χ2n) is 8.95. The van der Waals surface area contributed by atoms with Crippen LogP contribution in [0.1, 0.15) is 37.0 Å². The van der Waals surface area contributed by atoms with Gasteiger partial charge in [-0.2, -0.15) is 11.8 Å². The van der Waals surface area contributed by atoms with Crippen molar-refractivity contribution in [2.45, 2.75) is 44.1 Å². The van der Waals surface area contributed by atoms with Crippen molar-refractivity contribution >= 4 is 17.8 Å². The number of urea groups is 1. The van der Waals surface area contributed by atoms with Crippen molar-refractivity contribution in [2.24, 2.45) is 5.92 Å². The number of aryl methyl sites for hydroxylation is 1. The van der Waals surface area contributed by atoms with Gasteiger partial charge in [0.25, 0.3) is 0 Å². The van der Waals surface area contributed by atoms with E-state index in [0.717, 1.165) is 38.1 Å². The van der Waals surface area contributed by atoms with Crippen molar-refractivity contribution in [3.8, 4) is 0 Å². The van der Waals surface area contributed by atoms with Gasteiger partial charge in [-0.15, -0.1) is 0 Å². The molecule has 0 unspecified atom stereocenters. The predicted molar refractivity (Wildman–Crippen MR) is 144 cm³/mol. The largest absolute Gasteiger partial charge is 0.338 e. The highest BCUT2D eigenvalue weighted by atomic mass is 32.2. The van der Waals surface area contributed by atoms with Gasteiger partial charge in [-0.1, -0.05) is 74.5 Å². The molecule has 2 aromatic carbocycles. The molecule has 3 rings (SSSR count). The molecule has 0 aliphatic heterocycles.